The lowest BCUT2D eigenvalue weighted by molar-refractivity contribution is 0.154. The molecule has 1 heterocycles. The Labute approximate surface area is 102 Å². The molecule has 6 heteroatoms. The standard InChI is InChI=1S/C11H21N5O/c1-4-16(6-7-17-5-2)11-8-10(15-12)13-9(3)14-11/h8H,4-7,12H2,1-3H3,(H,13,14,15). The summed E-state index contributed by atoms with van der Waals surface area (Å²) < 4.78 is 5.35. The molecule has 3 N–H and O–H groups in total. The van der Waals surface area contributed by atoms with Crippen LogP contribution < -0.4 is 16.2 Å². The molecule has 0 saturated heterocycles. The minimum absolute atomic E-state index is 0.627. The molecule has 0 aliphatic heterocycles. The molecule has 1 rings (SSSR count). The van der Waals surface area contributed by atoms with Crippen molar-refractivity contribution in [3.8, 4) is 0 Å². The first-order valence-corrected chi connectivity index (χ1v) is 5.86. The Morgan fingerprint density at radius 1 is 1.41 bits per heavy atom. The van der Waals surface area contributed by atoms with Crippen LogP contribution in [0.2, 0.25) is 0 Å². The van der Waals surface area contributed by atoms with Gasteiger partial charge in [0, 0.05) is 25.8 Å². The Bertz CT molecular complexity index is 345. The monoisotopic (exact) mass is 239 g/mol. The summed E-state index contributed by atoms with van der Waals surface area (Å²) in [6.07, 6.45) is 0. The molecule has 0 fully saturated rings. The minimum atomic E-state index is 0.627. The summed E-state index contributed by atoms with van der Waals surface area (Å²) in [5.74, 6) is 7.56. The van der Waals surface area contributed by atoms with Crippen LogP contribution in [0.3, 0.4) is 0 Å². The average Bonchev–Trinajstić information content (AvgIpc) is 2.34. The molecular weight excluding hydrogens is 218 g/mol. The second kappa shape index (κ2) is 7.03. The highest BCUT2D eigenvalue weighted by atomic mass is 16.5. The first-order chi connectivity index (χ1) is 8.21. The largest absolute Gasteiger partial charge is 0.380 e. The molecule has 0 atom stereocenters. The van der Waals surface area contributed by atoms with Crippen LogP contribution in [0.5, 0.6) is 0 Å². The van der Waals surface area contributed by atoms with Crippen molar-refractivity contribution in [1.29, 1.82) is 0 Å². The Kier molecular flexibility index (Phi) is 5.65. The Hall–Kier alpha value is -1.40. The molecule has 0 bridgehead atoms. The zero-order valence-corrected chi connectivity index (χ0v) is 10.7. The van der Waals surface area contributed by atoms with Crippen molar-refractivity contribution in [2.75, 3.05) is 36.6 Å². The Balaban J connectivity index is 2.76. The molecule has 0 aliphatic carbocycles. The molecule has 17 heavy (non-hydrogen) atoms. The molecule has 0 aliphatic rings. The van der Waals surface area contributed by atoms with Crippen molar-refractivity contribution < 1.29 is 4.74 Å². The van der Waals surface area contributed by atoms with E-state index in [1.54, 1.807) is 0 Å². The number of hydrogen-bond donors (Lipinski definition) is 2. The van der Waals surface area contributed by atoms with Crippen LogP contribution in [-0.2, 0) is 4.74 Å². The molecular formula is C11H21N5O. The lowest BCUT2D eigenvalue weighted by Crippen LogP contribution is -2.28. The van der Waals surface area contributed by atoms with E-state index in [0.717, 1.165) is 25.5 Å². The third-order valence-corrected chi connectivity index (χ3v) is 2.39. The fourth-order valence-corrected chi connectivity index (χ4v) is 1.54. The lowest BCUT2D eigenvalue weighted by atomic mass is 10.4. The maximum atomic E-state index is 5.37. The van der Waals surface area contributed by atoms with Crippen molar-refractivity contribution in [3.63, 3.8) is 0 Å². The van der Waals surface area contributed by atoms with E-state index in [9.17, 15) is 0 Å². The van der Waals surface area contributed by atoms with Crippen molar-refractivity contribution in [1.82, 2.24) is 9.97 Å². The lowest BCUT2D eigenvalue weighted by Gasteiger charge is -2.22. The molecule has 0 amide bonds. The normalized spacial score (nSPS) is 10.4. The molecule has 96 valence electrons. The van der Waals surface area contributed by atoms with E-state index < -0.39 is 0 Å². The molecule has 6 nitrogen and oxygen atoms in total. The number of rotatable bonds is 7. The van der Waals surface area contributed by atoms with Crippen LogP contribution in [-0.4, -0.2) is 36.3 Å². The quantitative estimate of drug-likeness (QED) is 0.419. The van der Waals surface area contributed by atoms with E-state index in [0.29, 0.717) is 18.2 Å². The van der Waals surface area contributed by atoms with Gasteiger partial charge in [-0.15, -0.1) is 0 Å². The predicted molar refractivity (Wildman–Crippen MR) is 69.0 cm³/mol. The number of aromatic nitrogens is 2. The smallest absolute Gasteiger partial charge is 0.145 e. The number of nitrogen functional groups attached to an aromatic ring is 1. The summed E-state index contributed by atoms with van der Waals surface area (Å²) in [4.78, 5) is 10.7. The van der Waals surface area contributed by atoms with E-state index in [2.05, 4.69) is 27.2 Å². The first-order valence-electron chi connectivity index (χ1n) is 5.86. The summed E-state index contributed by atoms with van der Waals surface area (Å²) in [6, 6.07) is 1.84. The second-order valence-corrected chi connectivity index (χ2v) is 3.58. The zero-order chi connectivity index (χ0) is 12.7. The van der Waals surface area contributed by atoms with Crippen LogP contribution in [0.4, 0.5) is 11.6 Å². The van der Waals surface area contributed by atoms with Gasteiger partial charge in [0.25, 0.3) is 0 Å². The summed E-state index contributed by atoms with van der Waals surface area (Å²) in [7, 11) is 0. The average molecular weight is 239 g/mol. The van der Waals surface area contributed by atoms with Gasteiger partial charge in [-0.05, 0) is 20.8 Å². The highest BCUT2D eigenvalue weighted by Gasteiger charge is 2.08. The molecule has 0 unspecified atom stereocenters. The van der Waals surface area contributed by atoms with Crippen LogP contribution in [0.1, 0.15) is 19.7 Å². The van der Waals surface area contributed by atoms with Crippen molar-refractivity contribution in [3.05, 3.63) is 11.9 Å². The molecule has 0 radical (unpaired) electrons. The number of likely N-dealkylation sites (N-methyl/N-ethyl adjacent to an activating group) is 1. The highest BCUT2D eigenvalue weighted by Crippen LogP contribution is 2.14. The fourth-order valence-electron chi connectivity index (χ4n) is 1.54. The van der Waals surface area contributed by atoms with Gasteiger partial charge in [-0.25, -0.2) is 15.8 Å². The van der Waals surface area contributed by atoms with Crippen LogP contribution in [0.25, 0.3) is 0 Å². The third-order valence-electron chi connectivity index (χ3n) is 2.39. The van der Waals surface area contributed by atoms with Crippen LogP contribution in [0.15, 0.2) is 6.07 Å². The van der Waals surface area contributed by atoms with E-state index >= 15 is 0 Å². The van der Waals surface area contributed by atoms with Crippen LogP contribution >= 0.6 is 0 Å². The molecule has 1 aromatic rings. The maximum Gasteiger partial charge on any atom is 0.145 e. The number of anilines is 2. The van der Waals surface area contributed by atoms with Gasteiger partial charge < -0.3 is 15.1 Å². The fraction of sp³-hybridized carbons (Fsp3) is 0.636. The number of nitrogens with one attached hydrogen (secondary N) is 1. The predicted octanol–water partition coefficient (Wildman–Crippen LogP) is 0.933. The molecule has 0 saturated carbocycles. The third kappa shape index (κ3) is 4.16. The second-order valence-electron chi connectivity index (χ2n) is 3.58. The number of nitrogens with two attached hydrogens (primary N) is 1. The first kappa shape index (κ1) is 13.7. The Morgan fingerprint density at radius 2 is 2.18 bits per heavy atom. The van der Waals surface area contributed by atoms with Gasteiger partial charge >= 0.3 is 0 Å². The zero-order valence-electron chi connectivity index (χ0n) is 10.7. The topological polar surface area (TPSA) is 76.3 Å². The number of aryl methyl sites for hydroxylation is 1. The van der Waals surface area contributed by atoms with E-state index in [1.807, 2.05) is 19.9 Å². The summed E-state index contributed by atoms with van der Waals surface area (Å²) in [6.45, 7) is 9.02. The van der Waals surface area contributed by atoms with Gasteiger partial charge in [0.15, 0.2) is 0 Å². The SMILES string of the molecule is CCOCCN(CC)c1cc(NN)nc(C)n1. The van der Waals surface area contributed by atoms with E-state index in [4.69, 9.17) is 10.6 Å². The number of ether oxygens (including phenoxy) is 1. The molecule has 0 spiro atoms. The van der Waals surface area contributed by atoms with Crippen molar-refractivity contribution >= 4 is 11.6 Å². The molecule has 0 aromatic carbocycles. The summed E-state index contributed by atoms with van der Waals surface area (Å²) >= 11 is 0. The van der Waals surface area contributed by atoms with E-state index in [1.165, 1.54) is 0 Å². The van der Waals surface area contributed by atoms with Gasteiger partial charge in [0.2, 0.25) is 0 Å². The summed E-state index contributed by atoms with van der Waals surface area (Å²) in [5.41, 5.74) is 2.55. The van der Waals surface area contributed by atoms with E-state index in [-0.39, 0.29) is 0 Å². The number of nitrogens with zero attached hydrogens (tertiary/aromatic N) is 3. The van der Waals surface area contributed by atoms with Gasteiger partial charge in [-0.3, -0.25) is 0 Å². The minimum Gasteiger partial charge on any atom is -0.380 e. The number of hydrogen-bond acceptors (Lipinski definition) is 6. The van der Waals surface area contributed by atoms with Crippen LogP contribution in [0, 0.1) is 6.92 Å². The Morgan fingerprint density at radius 3 is 2.76 bits per heavy atom. The van der Waals surface area contributed by atoms with Crippen molar-refractivity contribution in [2.24, 2.45) is 5.84 Å². The maximum absolute atomic E-state index is 5.37. The van der Waals surface area contributed by atoms with Gasteiger partial charge in [-0.2, -0.15) is 0 Å². The van der Waals surface area contributed by atoms with Gasteiger partial charge in [-0.1, -0.05) is 0 Å². The number of hydrazine groups is 1. The highest BCUT2D eigenvalue weighted by molar-refractivity contribution is 5.48. The van der Waals surface area contributed by atoms with Gasteiger partial charge in [0.05, 0.1) is 6.61 Å². The summed E-state index contributed by atoms with van der Waals surface area (Å²) in [5, 5.41) is 0. The molecule has 1 aromatic heterocycles. The van der Waals surface area contributed by atoms with Gasteiger partial charge in [0.1, 0.15) is 17.5 Å². The van der Waals surface area contributed by atoms with Crippen molar-refractivity contribution in [2.45, 2.75) is 20.8 Å².